The molecule has 0 saturated heterocycles. The molecule has 13 heteroatoms. The zero-order valence-electron chi connectivity index (χ0n) is 18.5. The molecule has 0 fully saturated rings. The van der Waals surface area contributed by atoms with E-state index in [9.17, 15) is 34.7 Å². The fourth-order valence-electron chi connectivity index (χ4n) is 3.07. The molecular weight excluding hydrogens is 501 g/mol. The van der Waals surface area contributed by atoms with E-state index >= 15 is 0 Å². The SMILES string of the molecule is CC(F)(F)F.Cc1c(N(SF)S(=O)(=O)C(C)c2ccccc2F)c(=O)n(-c2ccccc2)n1C. The number of para-hydroxylation sites is 1. The Labute approximate surface area is 198 Å². The van der Waals surface area contributed by atoms with E-state index in [1.54, 1.807) is 37.4 Å². The predicted molar refractivity (Wildman–Crippen MR) is 122 cm³/mol. The van der Waals surface area contributed by atoms with Crippen molar-refractivity contribution in [3.05, 3.63) is 82.0 Å². The van der Waals surface area contributed by atoms with Crippen molar-refractivity contribution in [2.75, 3.05) is 3.71 Å². The second-order valence-corrected chi connectivity index (χ2v) is 10.0. The number of rotatable bonds is 6. The predicted octanol–water partition coefficient (Wildman–Crippen LogP) is 5.62. The number of anilines is 1. The molecule has 0 aliphatic rings. The fourth-order valence-corrected chi connectivity index (χ4v) is 5.32. The minimum absolute atomic E-state index is 0.108. The molecule has 1 heterocycles. The van der Waals surface area contributed by atoms with Crippen LogP contribution in [0, 0.1) is 12.7 Å². The van der Waals surface area contributed by atoms with Crippen LogP contribution in [0.3, 0.4) is 0 Å². The van der Waals surface area contributed by atoms with Crippen molar-refractivity contribution in [1.29, 1.82) is 0 Å². The highest BCUT2D eigenvalue weighted by molar-refractivity contribution is 8.12. The van der Waals surface area contributed by atoms with Gasteiger partial charge in [-0.15, -0.1) is 3.89 Å². The van der Waals surface area contributed by atoms with Gasteiger partial charge in [0.15, 0.2) is 18.0 Å². The quantitative estimate of drug-likeness (QED) is 0.311. The van der Waals surface area contributed by atoms with Gasteiger partial charge >= 0.3 is 6.18 Å². The van der Waals surface area contributed by atoms with Gasteiger partial charge < -0.3 is 0 Å². The average molecular weight is 524 g/mol. The van der Waals surface area contributed by atoms with Gasteiger partial charge in [0.05, 0.1) is 11.4 Å². The molecule has 0 bridgehead atoms. The van der Waals surface area contributed by atoms with Gasteiger partial charge in [-0.2, -0.15) is 16.9 Å². The van der Waals surface area contributed by atoms with Crippen molar-refractivity contribution in [3.8, 4) is 5.69 Å². The number of halogens is 5. The van der Waals surface area contributed by atoms with Gasteiger partial charge in [0.2, 0.25) is 0 Å². The summed E-state index contributed by atoms with van der Waals surface area (Å²) in [6, 6.07) is 13.9. The highest BCUT2D eigenvalue weighted by atomic mass is 32.3. The van der Waals surface area contributed by atoms with Crippen LogP contribution in [-0.4, -0.2) is 24.0 Å². The second-order valence-electron chi connectivity index (χ2n) is 7.20. The Bertz CT molecular complexity index is 1280. The lowest BCUT2D eigenvalue weighted by Gasteiger charge is -2.22. The Morgan fingerprint density at radius 3 is 2.03 bits per heavy atom. The molecule has 0 N–H and O–H groups in total. The number of aromatic nitrogens is 2. The van der Waals surface area contributed by atoms with Crippen LogP contribution in [0.25, 0.3) is 5.69 Å². The van der Waals surface area contributed by atoms with E-state index in [1.165, 1.54) is 41.4 Å². The lowest BCUT2D eigenvalue weighted by atomic mass is 10.1. The van der Waals surface area contributed by atoms with E-state index in [-0.39, 0.29) is 23.9 Å². The summed E-state index contributed by atoms with van der Waals surface area (Å²) in [5.41, 5.74) is -0.410. The van der Waals surface area contributed by atoms with Gasteiger partial charge in [-0.25, -0.2) is 17.5 Å². The number of hydrogen-bond acceptors (Lipinski definition) is 4. The summed E-state index contributed by atoms with van der Waals surface area (Å²) in [7, 11) is -2.89. The molecule has 0 amide bonds. The van der Waals surface area contributed by atoms with E-state index in [0.29, 0.717) is 9.40 Å². The summed E-state index contributed by atoms with van der Waals surface area (Å²) in [4.78, 5) is 13.1. The first-order valence-corrected chi connectivity index (χ1v) is 11.9. The van der Waals surface area contributed by atoms with E-state index in [2.05, 4.69) is 0 Å². The first-order valence-electron chi connectivity index (χ1n) is 9.69. The van der Waals surface area contributed by atoms with E-state index in [0.717, 1.165) is 6.07 Å². The Hall–Kier alpha value is -2.80. The molecule has 6 nitrogen and oxygen atoms in total. The Kier molecular flexibility index (Phi) is 8.59. The summed E-state index contributed by atoms with van der Waals surface area (Å²) in [6.07, 6.45) is -4.00. The second kappa shape index (κ2) is 10.6. The molecule has 3 rings (SSSR count). The summed E-state index contributed by atoms with van der Waals surface area (Å²) in [5.74, 6) is -0.723. The topological polar surface area (TPSA) is 64.3 Å². The molecule has 0 spiro atoms. The molecule has 0 aliphatic heterocycles. The third kappa shape index (κ3) is 6.00. The number of nitrogens with zero attached hydrogens (tertiary/aromatic N) is 3. The normalized spacial score (nSPS) is 12.6. The minimum Gasteiger partial charge on any atom is -0.283 e. The van der Waals surface area contributed by atoms with Crippen molar-refractivity contribution in [3.63, 3.8) is 0 Å². The monoisotopic (exact) mass is 523 g/mol. The van der Waals surface area contributed by atoms with Crippen LogP contribution < -0.4 is 9.27 Å². The highest BCUT2D eigenvalue weighted by Crippen LogP contribution is 2.36. The molecule has 1 atom stereocenters. The number of alkyl halides is 3. The number of benzene rings is 2. The molecule has 1 unspecified atom stereocenters. The van der Waals surface area contributed by atoms with Crippen molar-refractivity contribution in [2.45, 2.75) is 32.2 Å². The molecule has 1 aromatic heterocycles. The van der Waals surface area contributed by atoms with Crippen LogP contribution >= 0.6 is 12.3 Å². The number of sulfonamides is 1. The standard InChI is InChI=1S/C19H19F2N3O3S2.C2H3F3/c1-13-18(19(25)23(22(13)3)15-9-5-4-6-10-15)24(28-21)29(26,27)14(2)16-11-7-8-12-17(16)20;1-2(3,4)5/h4-12,14H,1-3H3;1H3. The van der Waals surface area contributed by atoms with Crippen LogP contribution in [-0.2, 0) is 17.1 Å². The van der Waals surface area contributed by atoms with E-state index in [4.69, 9.17) is 0 Å². The maximum absolute atomic E-state index is 14.1. The van der Waals surface area contributed by atoms with Gasteiger partial charge in [0, 0.05) is 19.5 Å². The zero-order valence-corrected chi connectivity index (χ0v) is 20.2. The molecule has 34 heavy (non-hydrogen) atoms. The third-order valence-electron chi connectivity index (χ3n) is 4.79. The van der Waals surface area contributed by atoms with Crippen LogP contribution in [0.5, 0.6) is 0 Å². The molecular formula is C21H22F5N3O3S2. The average Bonchev–Trinajstić information content (AvgIpc) is 2.97. The molecule has 3 aromatic rings. The first-order chi connectivity index (χ1) is 15.7. The molecule has 186 valence electrons. The van der Waals surface area contributed by atoms with Gasteiger partial charge in [-0.05, 0) is 32.0 Å². The van der Waals surface area contributed by atoms with Crippen LogP contribution in [0.4, 0.5) is 27.1 Å². The Balaban J connectivity index is 0.000000739. The largest absolute Gasteiger partial charge is 0.386 e. The molecule has 0 aliphatic carbocycles. The fraction of sp³-hybridized carbons (Fsp3) is 0.286. The van der Waals surface area contributed by atoms with E-state index < -0.39 is 45.2 Å². The highest BCUT2D eigenvalue weighted by Gasteiger charge is 2.37. The first kappa shape index (κ1) is 27.4. The maximum atomic E-state index is 14.1. The summed E-state index contributed by atoms with van der Waals surface area (Å²) in [6.45, 7) is 2.96. The number of hydrogen-bond donors (Lipinski definition) is 0. The minimum atomic E-state index is -4.46. The van der Waals surface area contributed by atoms with Gasteiger partial charge in [-0.1, -0.05) is 36.4 Å². The third-order valence-corrected chi connectivity index (χ3v) is 7.68. The zero-order chi connectivity index (χ0) is 25.8. The van der Waals surface area contributed by atoms with Crippen LogP contribution in [0.1, 0.15) is 30.4 Å². The summed E-state index contributed by atoms with van der Waals surface area (Å²) < 4.78 is 88.4. The molecule has 0 saturated carbocycles. The lowest BCUT2D eigenvalue weighted by Crippen LogP contribution is -2.32. The van der Waals surface area contributed by atoms with Crippen LogP contribution in [0.2, 0.25) is 0 Å². The Morgan fingerprint density at radius 2 is 1.53 bits per heavy atom. The van der Waals surface area contributed by atoms with Crippen molar-refractivity contribution in [2.24, 2.45) is 7.05 Å². The van der Waals surface area contributed by atoms with Gasteiger partial charge in [0.1, 0.15) is 11.1 Å². The van der Waals surface area contributed by atoms with Crippen molar-refractivity contribution >= 4 is 28.0 Å². The lowest BCUT2D eigenvalue weighted by molar-refractivity contribution is -0.110. The van der Waals surface area contributed by atoms with Crippen molar-refractivity contribution in [1.82, 2.24) is 9.36 Å². The van der Waals surface area contributed by atoms with Crippen molar-refractivity contribution < 1.29 is 29.9 Å². The molecule has 0 radical (unpaired) electrons. The van der Waals surface area contributed by atoms with Crippen LogP contribution in [0.15, 0.2) is 59.4 Å². The maximum Gasteiger partial charge on any atom is 0.386 e. The smallest absolute Gasteiger partial charge is 0.283 e. The Morgan fingerprint density at radius 1 is 1.03 bits per heavy atom. The summed E-state index contributed by atoms with van der Waals surface area (Å²) >= 11 is -0.599. The van der Waals surface area contributed by atoms with Gasteiger partial charge in [-0.3, -0.25) is 9.48 Å². The summed E-state index contributed by atoms with van der Waals surface area (Å²) in [5, 5.41) is -1.41. The van der Waals surface area contributed by atoms with Gasteiger partial charge in [0.25, 0.3) is 15.6 Å². The van der Waals surface area contributed by atoms with E-state index in [1.807, 2.05) is 0 Å². The molecule has 2 aromatic carbocycles.